The van der Waals surface area contributed by atoms with E-state index in [1.165, 1.54) is 33.5 Å². The van der Waals surface area contributed by atoms with Crippen molar-refractivity contribution in [3.63, 3.8) is 0 Å². The molecule has 0 heterocycles. The number of hydrogen-bond donors (Lipinski definition) is 2. The predicted octanol–water partition coefficient (Wildman–Crippen LogP) is 2.67. The van der Waals surface area contributed by atoms with Crippen molar-refractivity contribution in [1.29, 1.82) is 0 Å². The fourth-order valence-electron chi connectivity index (χ4n) is 2.61. The maximum absolute atomic E-state index is 12.5. The Balaban J connectivity index is 2.42. The topological polar surface area (TPSA) is 129 Å². The number of hydrogen-bond acceptors (Lipinski definition) is 8. The summed E-state index contributed by atoms with van der Waals surface area (Å²) in [5, 5.41) is 14.5. The number of benzene rings is 2. The summed E-state index contributed by atoms with van der Waals surface area (Å²) in [6.45, 7) is 1.79. The molecule has 0 aliphatic carbocycles. The van der Waals surface area contributed by atoms with E-state index in [-0.39, 0.29) is 17.2 Å². The van der Waals surface area contributed by atoms with Crippen LogP contribution in [0.1, 0.15) is 6.92 Å². The second-order valence-electron chi connectivity index (χ2n) is 6.10. The summed E-state index contributed by atoms with van der Waals surface area (Å²) in [5.41, 5.74) is 0.125. The maximum Gasteiger partial charge on any atom is 0.294 e. The van der Waals surface area contributed by atoms with Crippen molar-refractivity contribution in [3.05, 3.63) is 46.5 Å². The van der Waals surface area contributed by atoms with Gasteiger partial charge in [0.05, 0.1) is 36.3 Å². The molecule has 0 aromatic heterocycles. The molecule has 0 fully saturated rings. The van der Waals surface area contributed by atoms with Gasteiger partial charge in [-0.15, -0.1) is 0 Å². The van der Waals surface area contributed by atoms with E-state index in [0.29, 0.717) is 17.2 Å². The van der Waals surface area contributed by atoms with Crippen LogP contribution in [0.3, 0.4) is 0 Å². The molecule has 0 spiro atoms. The fourth-order valence-corrected chi connectivity index (χ4v) is 3.86. The Morgan fingerprint density at radius 3 is 2.38 bits per heavy atom. The molecule has 2 N–H and O–H groups in total. The van der Waals surface area contributed by atoms with Gasteiger partial charge in [-0.1, -0.05) is 0 Å². The fraction of sp³-hybridized carbons (Fsp3) is 0.333. The quantitative estimate of drug-likeness (QED) is 0.439. The number of rotatable bonds is 10. The van der Waals surface area contributed by atoms with Gasteiger partial charge in [-0.25, -0.2) is 13.1 Å². The smallest absolute Gasteiger partial charge is 0.294 e. The minimum absolute atomic E-state index is 0.102. The van der Waals surface area contributed by atoms with Gasteiger partial charge in [0.2, 0.25) is 10.0 Å². The lowest BCUT2D eigenvalue weighted by Crippen LogP contribution is -2.35. The van der Waals surface area contributed by atoms with Crippen molar-refractivity contribution < 1.29 is 27.6 Å². The molecule has 158 valence electrons. The molecule has 0 radical (unpaired) electrons. The lowest BCUT2D eigenvalue weighted by molar-refractivity contribution is -0.384. The molecule has 1 unspecified atom stereocenters. The lowest BCUT2D eigenvalue weighted by atomic mass is 10.2. The van der Waals surface area contributed by atoms with Crippen LogP contribution in [-0.4, -0.2) is 47.3 Å². The third kappa shape index (κ3) is 5.56. The average Bonchev–Trinajstić information content (AvgIpc) is 2.67. The Labute approximate surface area is 169 Å². The van der Waals surface area contributed by atoms with Crippen LogP contribution >= 0.6 is 0 Å². The molecule has 0 bridgehead atoms. The Morgan fingerprint density at radius 2 is 1.79 bits per heavy atom. The zero-order chi connectivity index (χ0) is 21.6. The number of methoxy groups -OCH3 is 3. The first-order chi connectivity index (χ1) is 13.7. The highest BCUT2D eigenvalue weighted by molar-refractivity contribution is 7.89. The van der Waals surface area contributed by atoms with E-state index in [9.17, 15) is 18.5 Å². The van der Waals surface area contributed by atoms with E-state index < -0.39 is 26.7 Å². The first-order valence-electron chi connectivity index (χ1n) is 8.50. The Bertz CT molecular complexity index is 979. The van der Waals surface area contributed by atoms with Gasteiger partial charge in [0.15, 0.2) is 0 Å². The number of nitrogens with one attached hydrogen (secondary N) is 2. The number of sulfonamides is 1. The number of ether oxygens (including phenoxy) is 3. The van der Waals surface area contributed by atoms with Crippen LogP contribution in [0.4, 0.5) is 17.1 Å². The van der Waals surface area contributed by atoms with E-state index in [0.717, 1.165) is 6.07 Å². The zero-order valence-electron chi connectivity index (χ0n) is 16.5. The van der Waals surface area contributed by atoms with Crippen molar-refractivity contribution >= 4 is 27.1 Å². The van der Waals surface area contributed by atoms with Gasteiger partial charge >= 0.3 is 0 Å². The summed E-state index contributed by atoms with van der Waals surface area (Å²) in [6.07, 6.45) is 0. The van der Waals surface area contributed by atoms with E-state index >= 15 is 0 Å². The first kappa shape index (κ1) is 22.4. The summed E-state index contributed by atoms with van der Waals surface area (Å²) in [5.74, 6) is 0.957. The summed E-state index contributed by atoms with van der Waals surface area (Å²) >= 11 is 0. The molecule has 0 amide bonds. The van der Waals surface area contributed by atoms with Gasteiger partial charge in [0.1, 0.15) is 17.2 Å². The molecular weight excluding hydrogens is 402 g/mol. The van der Waals surface area contributed by atoms with Gasteiger partial charge in [-0.05, 0) is 31.2 Å². The average molecular weight is 425 g/mol. The third-order valence-corrected chi connectivity index (χ3v) is 5.51. The van der Waals surface area contributed by atoms with Gasteiger partial charge < -0.3 is 19.5 Å². The van der Waals surface area contributed by atoms with Crippen LogP contribution in [-0.2, 0) is 14.8 Å². The van der Waals surface area contributed by atoms with Crippen molar-refractivity contribution in [2.24, 2.45) is 0 Å². The number of anilines is 2. The SMILES string of the molecule is COCC(C)NS(=O)(=O)c1ccc(Nc2cc(OC)ccc2OC)c([N+](=O)[O-])c1. The van der Waals surface area contributed by atoms with Gasteiger partial charge in [0, 0.05) is 25.3 Å². The van der Waals surface area contributed by atoms with E-state index in [4.69, 9.17) is 14.2 Å². The number of nitrogens with zero attached hydrogens (tertiary/aromatic N) is 1. The molecule has 10 nitrogen and oxygen atoms in total. The van der Waals surface area contributed by atoms with Crippen LogP contribution in [0.2, 0.25) is 0 Å². The Morgan fingerprint density at radius 1 is 1.07 bits per heavy atom. The van der Waals surface area contributed by atoms with Gasteiger partial charge in [0.25, 0.3) is 5.69 Å². The van der Waals surface area contributed by atoms with Crippen molar-refractivity contribution in [1.82, 2.24) is 4.72 Å². The molecular formula is C18H23N3O7S. The molecule has 2 aromatic rings. The summed E-state index contributed by atoms with van der Waals surface area (Å²) in [4.78, 5) is 10.7. The summed E-state index contributed by atoms with van der Waals surface area (Å²) in [6, 6.07) is 8.05. The molecule has 1 atom stereocenters. The van der Waals surface area contributed by atoms with Crippen molar-refractivity contribution in [2.75, 3.05) is 33.3 Å². The monoisotopic (exact) mass is 425 g/mol. The number of nitro groups is 1. The Kier molecular flexibility index (Phi) is 7.37. The minimum atomic E-state index is -3.96. The second-order valence-corrected chi connectivity index (χ2v) is 7.82. The number of nitro benzene ring substituents is 1. The highest BCUT2D eigenvalue weighted by Gasteiger charge is 2.23. The van der Waals surface area contributed by atoms with Crippen LogP contribution in [0, 0.1) is 10.1 Å². The van der Waals surface area contributed by atoms with Crippen LogP contribution in [0.25, 0.3) is 0 Å². The molecule has 0 aliphatic rings. The van der Waals surface area contributed by atoms with E-state index in [2.05, 4.69) is 10.0 Å². The maximum atomic E-state index is 12.5. The van der Waals surface area contributed by atoms with Crippen molar-refractivity contribution in [2.45, 2.75) is 17.9 Å². The molecule has 2 aromatic carbocycles. The molecule has 0 aliphatic heterocycles. The first-order valence-corrected chi connectivity index (χ1v) is 9.99. The highest BCUT2D eigenvalue weighted by Crippen LogP contribution is 2.35. The third-order valence-electron chi connectivity index (χ3n) is 3.93. The van der Waals surface area contributed by atoms with E-state index in [1.54, 1.807) is 25.1 Å². The van der Waals surface area contributed by atoms with Crippen LogP contribution in [0.5, 0.6) is 11.5 Å². The normalized spacial score (nSPS) is 12.3. The lowest BCUT2D eigenvalue weighted by Gasteiger charge is -2.15. The molecule has 29 heavy (non-hydrogen) atoms. The van der Waals surface area contributed by atoms with Crippen LogP contribution in [0.15, 0.2) is 41.3 Å². The predicted molar refractivity (Wildman–Crippen MR) is 108 cm³/mol. The Hall–Kier alpha value is -2.89. The summed E-state index contributed by atoms with van der Waals surface area (Å²) in [7, 11) is 0.443. The van der Waals surface area contributed by atoms with Crippen molar-refractivity contribution in [3.8, 4) is 11.5 Å². The minimum Gasteiger partial charge on any atom is -0.497 e. The summed E-state index contributed by atoms with van der Waals surface area (Å²) < 4.78 is 42.7. The standard InChI is InChI=1S/C18H23N3O7S/c1-12(11-26-2)20-29(24,25)14-6-7-15(17(10-14)21(22)23)19-16-9-13(27-3)5-8-18(16)28-4/h5-10,12,19-20H,11H2,1-4H3. The highest BCUT2D eigenvalue weighted by atomic mass is 32.2. The largest absolute Gasteiger partial charge is 0.497 e. The van der Waals surface area contributed by atoms with Gasteiger partial charge in [-0.3, -0.25) is 10.1 Å². The molecule has 0 saturated carbocycles. The second kappa shape index (κ2) is 9.54. The van der Waals surface area contributed by atoms with E-state index in [1.807, 2.05) is 0 Å². The van der Waals surface area contributed by atoms with Gasteiger partial charge in [-0.2, -0.15) is 0 Å². The molecule has 11 heteroatoms. The molecule has 0 saturated heterocycles. The molecule has 2 rings (SSSR count). The zero-order valence-corrected chi connectivity index (χ0v) is 17.3. The van der Waals surface area contributed by atoms with Crippen LogP contribution < -0.4 is 19.5 Å².